The predicted octanol–water partition coefficient (Wildman–Crippen LogP) is 4.14. The molecule has 0 aliphatic heterocycles. The summed E-state index contributed by atoms with van der Waals surface area (Å²) in [6, 6.07) is 7.97. The van der Waals surface area contributed by atoms with Crippen molar-refractivity contribution in [1.82, 2.24) is 4.98 Å². The van der Waals surface area contributed by atoms with Crippen LogP contribution in [0, 0.1) is 11.6 Å². The fourth-order valence-corrected chi connectivity index (χ4v) is 2.90. The normalized spacial score (nSPS) is 11.5. The molecule has 0 saturated heterocycles. The van der Waals surface area contributed by atoms with Crippen LogP contribution in [0.5, 0.6) is 11.5 Å². The molecule has 0 radical (unpaired) electrons. The van der Waals surface area contributed by atoms with Crippen molar-refractivity contribution in [3.8, 4) is 22.8 Å². The van der Waals surface area contributed by atoms with Gasteiger partial charge in [0.1, 0.15) is 23.1 Å². The van der Waals surface area contributed by atoms with Gasteiger partial charge in [-0.25, -0.2) is 13.8 Å². The number of halogens is 2. The molecular formula is C23H22F2N2O6. The van der Waals surface area contributed by atoms with Crippen molar-refractivity contribution in [2.24, 2.45) is 0 Å². The smallest absolute Gasteiger partial charge is 0.307 e. The number of hydrogen-bond acceptors (Lipinski definition) is 7. The summed E-state index contributed by atoms with van der Waals surface area (Å²) >= 11 is 0. The summed E-state index contributed by atoms with van der Waals surface area (Å²) in [5.74, 6) is -1.49. The second-order valence-corrected chi connectivity index (χ2v) is 6.93. The number of amides is 1. The van der Waals surface area contributed by atoms with E-state index in [-0.39, 0.29) is 30.1 Å². The number of rotatable bonds is 9. The van der Waals surface area contributed by atoms with Crippen LogP contribution in [-0.2, 0) is 20.7 Å². The highest BCUT2D eigenvalue weighted by Crippen LogP contribution is 2.29. The van der Waals surface area contributed by atoms with Crippen LogP contribution in [0.1, 0.15) is 19.2 Å². The first-order chi connectivity index (χ1) is 15.8. The van der Waals surface area contributed by atoms with Crippen LogP contribution in [0.15, 0.2) is 47.0 Å². The monoisotopic (exact) mass is 460 g/mol. The van der Waals surface area contributed by atoms with Crippen molar-refractivity contribution in [1.29, 1.82) is 0 Å². The molecule has 10 heteroatoms. The van der Waals surface area contributed by atoms with Gasteiger partial charge in [-0.1, -0.05) is 0 Å². The average Bonchev–Trinajstić information content (AvgIpc) is 3.26. The maximum atomic E-state index is 13.9. The number of methoxy groups -OCH3 is 2. The number of nitrogens with one attached hydrogen (secondary N) is 1. The summed E-state index contributed by atoms with van der Waals surface area (Å²) < 4.78 is 47.9. The minimum atomic E-state index is -1.08. The summed E-state index contributed by atoms with van der Waals surface area (Å²) in [5.41, 5.74) is 0.418. The van der Waals surface area contributed by atoms with Gasteiger partial charge >= 0.3 is 5.97 Å². The highest BCUT2D eigenvalue weighted by molar-refractivity contribution is 5.96. The fourth-order valence-electron chi connectivity index (χ4n) is 2.90. The molecule has 1 aromatic heterocycles. The minimum absolute atomic E-state index is 0.0518. The molecule has 0 spiro atoms. The molecule has 1 unspecified atom stereocenters. The molecule has 0 saturated carbocycles. The van der Waals surface area contributed by atoms with Crippen molar-refractivity contribution in [2.45, 2.75) is 25.9 Å². The third-order valence-corrected chi connectivity index (χ3v) is 4.64. The van der Waals surface area contributed by atoms with E-state index in [4.69, 9.17) is 18.6 Å². The Balaban J connectivity index is 1.54. The number of oxazole rings is 1. The Morgan fingerprint density at radius 1 is 1.12 bits per heavy atom. The highest BCUT2D eigenvalue weighted by atomic mass is 19.1. The van der Waals surface area contributed by atoms with Crippen molar-refractivity contribution >= 4 is 17.6 Å². The van der Waals surface area contributed by atoms with Crippen LogP contribution in [0.3, 0.4) is 0 Å². The summed E-state index contributed by atoms with van der Waals surface area (Å²) in [6.45, 7) is 1.43. The van der Waals surface area contributed by atoms with Crippen molar-refractivity contribution < 1.29 is 37.0 Å². The maximum absolute atomic E-state index is 13.9. The molecule has 3 rings (SSSR count). The third kappa shape index (κ3) is 6.06. The minimum Gasteiger partial charge on any atom is -0.497 e. The largest absolute Gasteiger partial charge is 0.497 e. The van der Waals surface area contributed by atoms with E-state index in [1.165, 1.54) is 33.4 Å². The quantitative estimate of drug-likeness (QED) is 0.479. The lowest BCUT2D eigenvalue weighted by atomic mass is 10.2. The Morgan fingerprint density at radius 2 is 1.91 bits per heavy atom. The number of aryl methyl sites for hydroxylation is 1. The number of aromatic nitrogens is 1. The lowest BCUT2D eigenvalue weighted by Gasteiger charge is -2.15. The molecule has 8 nitrogen and oxygen atoms in total. The van der Waals surface area contributed by atoms with Gasteiger partial charge in [0.25, 0.3) is 5.91 Å². The molecule has 3 aromatic rings. The van der Waals surface area contributed by atoms with Crippen LogP contribution in [0.25, 0.3) is 11.3 Å². The van der Waals surface area contributed by atoms with E-state index < -0.39 is 29.6 Å². The van der Waals surface area contributed by atoms with E-state index >= 15 is 0 Å². The van der Waals surface area contributed by atoms with Gasteiger partial charge in [0.2, 0.25) is 0 Å². The van der Waals surface area contributed by atoms with E-state index in [2.05, 4.69) is 10.3 Å². The fraction of sp³-hybridized carbons (Fsp3) is 0.261. The Bertz CT molecular complexity index is 1150. The van der Waals surface area contributed by atoms with E-state index in [1.54, 1.807) is 18.2 Å². The van der Waals surface area contributed by atoms with Gasteiger partial charge in [-0.2, -0.15) is 0 Å². The van der Waals surface area contributed by atoms with Crippen LogP contribution in [0.2, 0.25) is 0 Å². The zero-order valence-corrected chi connectivity index (χ0v) is 18.2. The zero-order valence-electron chi connectivity index (χ0n) is 18.2. The molecular weight excluding hydrogens is 438 g/mol. The highest BCUT2D eigenvalue weighted by Gasteiger charge is 2.20. The molecule has 1 N–H and O–H groups in total. The first-order valence-electron chi connectivity index (χ1n) is 9.93. The number of benzene rings is 2. The van der Waals surface area contributed by atoms with Crippen LogP contribution >= 0.6 is 0 Å². The second kappa shape index (κ2) is 10.6. The zero-order chi connectivity index (χ0) is 24.0. The summed E-state index contributed by atoms with van der Waals surface area (Å²) in [6.07, 6.45) is 0.155. The summed E-state index contributed by atoms with van der Waals surface area (Å²) in [4.78, 5) is 28.6. The molecule has 1 atom stereocenters. The number of hydrogen-bond donors (Lipinski definition) is 1. The van der Waals surface area contributed by atoms with Gasteiger partial charge in [0.05, 0.1) is 38.1 Å². The molecule has 0 aliphatic rings. The van der Waals surface area contributed by atoms with Crippen LogP contribution in [-0.4, -0.2) is 37.2 Å². The Hall–Kier alpha value is -3.95. The van der Waals surface area contributed by atoms with Crippen LogP contribution in [0.4, 0.5) is 14.5 Å². The first kappa shape index (κ1) is 23.7. The Labute approximate surface area is 188 Å². The lowest BCUT2D eigenvalue weighted by molar-refractivity contribution is -0.153. The second-order valence-electron chi connectivity index (χ2n) is 6.93. The summed E-state index contributed by atoms with van der Waals surface area (Å²) in [5, 5.41) is 2.63. The standard InChI is InChI=1S/C23H22F2N2O6/c1-13(23(29)27-18-11-15(30-2)5-7-19(18)31-3)32-22(28)9-8-21-26-12-20(33-21)16-6-4-14(24)10-17(16)25/h4-7,10-13H,8-9H2,1-3H3,(H,27,29). The maximum Gasteiger partial charge on any atom is 0.307 e. The lowest BCUT2D eigenvalue weighted by Crippen LogP contribution is -2.30. The first-order valence-corrected chi connectivity index (χ1v) is 9.93. The molecule has 1 amide bonds. The van der Waals surface area contributed by atoms with E-state index in [0.717, 1.165) is 12.1 Å². The SMILES string of the molecule is COc1ccc(OC)c(NC(=O)C(C)OC(=O)CCc2ncc(-c3ccc(F)cc3F)o2)c1. The van der Waals surface area contributed by atoms with Gasteiger partial charge < -0.3 is 23.9 Å². The molecule has 174 valence electrons. The number of carbonyl (C=O) groups is 2. The summed E-state index contributed by atoms with van der Waals surface area (Å²) in [7, 11) is 2.95. The molecule has 2 aromatic carbocycles. The van der Waals surface area contributed by atoms with Crippen molar-refractivity contribution in [3.63, 3.8) is 0 Å². The average molecular weight is 460 g/mol. The molecule has 0 bridgehead atoms. The number of carbonyl (C=O) groups excluding carboxylic acids is 2. The van der Waals surface area contributed by atoms with Crippen LogP contribution < -0.4 is 14.8 Å². The van der Waals surface area contributed by atoms with Gasteiger partial charge in [-0.3, -0.25) is 9.59 Å². The number of anilines is 1. The third-order valence-electron chi connectivity index (χ3n) is 4.64. The Kier molecular flexibility index (Phi) is 7.60. The topological polar surface area (TPSA) is 99.9 Å². The number of esters is 1. The molecule has 0 aliphatic carbocycles. The van der Waals surface area contributed by atoms with E-state index in [0.29, 0.717) is 17.2 Å². The number of ether oxygens (including phenoxy) is 3. The number of nitrogens with zero attached hydrogens (tertiary/aromatic N) is 1. The van der Waals surface area contributed by atoms with Gasteiger partial charge in [0.15, 0.2) is 17.8 Å². The molecule has 1 heterocycles. The van der Waals surface area contributed by atoms with Crippen molar-refractivity contribution in [3.05, 3.63) is 60.1 Å². The van der Waals surface area contributed by atoms with Crippen molar-refractivity contribution in [2.75, 3.05) is 19.5 Å². The predicted molar refractivity (Wildman–Crippen MR) is 114 cm³/mol. The van der Waals surface area contributed by atoms with Gasteiger partial charge in [-0.15, -0.1) is 0 Å². The molecule has 33 heavy (non-hydrogen) atoms. The van der Waals surface area contributed by atoms with E-state index in [1.807, 2.05) is 0 Å². The van der Waals surface area contributed by atoms with Gasteiger partial charge in [-0.05, 0) is 31.2 Å². The van der Waals surface area contributed by atoms with Gasteiger partial charge in [0, 0.05) is 18.6 Å². The Morgan fingerprint density at radius 3 is 2.61 bits per heavy atom. The van der Waals surface area contributed by atoms with E-state index in [9.17, 15) is 18.4 Å². The molecule has 0 fully saturated rings.